The fraction of sp³-hybridized carbons (Fsp3) is 0.500. The fourth-order valence-electron chi connectivity index (χ4n) is 0.775. The summed E-state index contributed by atoms with van der Waals surface area (Å²) in [5, 5.41) is 26.1. The van der Waals surface area contributed by atoms with Crippen LogP contribution in [0.4, 0.5) is 0 Å². The average molecular weight is 212 g/mol. The van der Waals surface area contributed by atoms with Crippen molar-refractivity contribution in [3.63, 3.8) is 0 Å². The fourth-order valence-corrected chi connectivity index (χ4v) is 0.775. The van der Waals surface area contributed by atoms with E-state index in [4.69, 9.17) is 10.2 Å². The number of carboxylic acid groups (broad SMARTS) is 2. The Kier molecular flexibility index (Phi) is 7.14. The molecule has 7 nitrogen and oxygen atoms in total. The van der Waals surface area contributed by atoms with E-state index < -0.39 is 36.4 Å². The predicted molar refractivity (Wildman–Crippen MR) is 51.2 cm³/mol. The summed E-state index contributed by atoms with van der Waals surface area (Å²) in [5.74, 6) is -4.28. The molecule has 0 aromatic rings. The van der Waals surface area contributed by atoms with E-state index in [1.807, 2.05) is 0 Å². The van der Waals surface area contributed by atoms with Gasteiger partial charge >= 0.3 is 38.8 Å². The summed E-state index contributed by atoms with van der Waals surface area (Å²) < 4.78 is 4.12. The second-order valence-corrected chi connectivity index (χ2v) is 2.66. The van der Waals surface area contributed by atoms with Crippen LogP contribution in [0.3, 0.4) is 0 Å². The third kappa shape index (κ3) is 5.47. The van der Waals surface area contributed by atoms with Gasteiger partial charge in [0.25, 0.3) is 5.97 Å². The Morgan fingerprint density at radius 1 is 1.20 bits per heavy atom. The van der Waals surface area contributed by atoms with Crippen LogP contribution in [0.15, 0.2) is 0 Å². The third-order valence-corrected chi connectivity index (χ3v) is 1.51. The molecular weight excluding hydrogens is 202 g/mol. The molecule has 0 heterocycles. The molecule has 0 saturated heterocycles. The summed E-state index contributed by atoms with van der Waals surface area (Å²) in [4.78, 5) is 31.4. The van der Waals surface area contributed by atoms with Crippen molar-refractivity contribution in [1.82, 2.24) is 0 Å². The van der Waals surface area contributed by atoms with Gasteiger partial charge in [-0.15, -0.1) is 0 Å². The molecule has 0 spiro atoms. The summed E-state index contributed by atoms with van der Waals surface area (Å²) in [6, 6.07) is 0. The molecular formula is C6H10BLiO7. The van der Waals surface area contributed by atoms with Gasteiger partial charge in [-0.3, -0.25) is 9.59 Å². The van der Waals surface area contributed by atoms with Crippen LogP contribution in [0, 0.1) is 0 Å². The van der Waals surface area contributed by atoms with Crippen molar-refractivity contribution in [3.8, 4) is 0 Å². The zero-order valence-electron chi connectivity index (χ0n) is 7.39. The van der Waals surface area contributed by atoms with Crippen LogP contribution in [0.5, 0.6) is 0 Å². The van der Waals surface area contributed by atoms with Gasteiger partial charge in [-0.1, -0.05) is 0 Å². The number of hydrogen-bond donors (Lipinski definition) is 3. The maximum atomic E-state index is 10.7. The number of rotatable bonds is 5. The van der Waals surface area contributed by atoms with Gasteiger partial charge in [-0.25, -0.2) is 4.79 Å². The molecule has 0 fully saturated rings. The molecule has 9 heteroatoms. The van der Waals surface area contributed by atoms with Crippen molar-refractivity contribution in [3.05, 3.63) is 0 Å². The maximum absolute atomic E-state index is 10.7. The van der Waals surface area contributed by atoms with E-state index in [9.17, 15) is 19.5 Å². The van der Waals surface area contributed by atoms with Gasteiger partial charge in [0.05, 0.1) is 12.8 Å². The third-order valence-electron chi connectivity index (χ3n) is 1.51. The Morgan fingerprint density at radius 3 is 1.93 bits per heavy atom. The van der Waals surface area contributed by atoms with Crippen LogP contribution in [-0.4, -0.2) is 65.7 Å². The summed E-state index contributed by atoms with van der Waals surface area (Å²) in [6.07, 6.45) is -1.96. The Labute approximate surface area is 98.0 Å². The van der Waals surface area contributed by atoms with Crippen LogP contribution in [0.2, 0.25) is 0 Å². The molecule has 0 radical (unpaired) electrons. The number of carboxylic acids is 2. The van der Waals surface area contributed by atoms with E-state index in [0.29, 0.717) is 0 Å². The Balaban J connectivity index is 0. The van der Waals surface area contributed by atoms with E-state index in [0.717, 1.165) is 8.05 Å². The van der Waals surface area contributed by atoms with E-state index in [-0.39, 0.29) is 18.9 Å². The number of carbonyl (C=O) groups is 3. The van der Waals surface area contributed by atoms with Gasteiger partial charge in [-0.05, 0) is 0 Å². The summed E-state index contributed by atoms with van der Waals surface area (Å²) >= 11 is 0. The predicted octanol–water partition coefficient (Wildman–Crippen LogP) is -2.89. The van der Waals surface area contributed by atoms with Crippen molar-refractivity contribution < 1.29 is 34.4 Å². The first kappa shape index (κ1) is 16.5. The molecule has 0 aliphatic rings. The molecule has 3 N–H and O–H groups in total. The van der Waals surface area contributed by atoms with Crippen LogP contribution in [-0.2, 0) is 19.0 Å². The monoisotopic (exact) mass is 212 g/mol. The van der Waals surface area contributed by atoms with Crippen LogP contribution in [0.25, 0.3) is 0 Å². The van der Waals surface area contributed by atoms with Gasteiger partial charge in [0.2, 0.25) is 0 Å². The molecule has 0 saturated carbocycles. The zero-order chi connectivity index (χ0) is 11.4. The second-order valence-electron chi connectivity index (χ2n) is 2.66. The van der Waals surface area contributed by atoms with Crippen molar-refractivity contribution in [1.29, 1.82) is 0 Å². The Bertz CT molecular complexity index is 268. The molecule has 0 aromatic carbocycles. The first-order valence-electron chi connectivity index (χ1n) is 3.56. The van der Waals surface area contributed by atoms with Gasteiger partial charge in [-0.2, -0.15) is 0 Å². The topological polar surface area (TPSA) is 121 Å². The van der Waals surface area contributed by atoms with Gasteiger partial charge in [0.15, 0.2) is 5.60 Å². The van der Waals surface area contributed by atoms with Gasteiger partial charge < -0.3 is 20.0 Å². The SMILES string of the molecule is BOC(=O)CC(O)(CC(=O)O)C(=O)O.[LiH]. The van der Waals surface area contributed by atoms with Crippen LogP contribution < -0.4 is 0 Å². The molecule has 80 valence electrons. The molecule has 0 aliphatic carbocycles. The number of hydrogen-bond acceptors (Lipinski definition) is 5. The van der Waals surface area contributed by atoms with Crippen molar-refractivity contribution in [2.45, 2.75) is 18.4 Å². The number of aliphatic hydroxyl groups is 1. The molecule has 1 atom stereocenters. The number of aliphatic carboxylic acids is 2. The van der Waals surface area contributed by atoms with Gasteiger partial charge in [0, 0.05) is 0 Å². The molecule has 0 rings (SSSR count). The van der Waals surface area contributed by atoms with E-state index in [1.54, 1.807) is 0 Å². The quantitative estimate of drug-likeness (QED) is 0.418. The number of carbonyl (C=O) groups excluding carboxylic acids is 1. The van der Waals surface area contributed by atoms with E-state index >= 15 is 0 Å². The van der Waals surface area contributed by atoms with Crippen LogP contribution in [0.1, 0.15) is 12.8 Å². The minimum atomic E-state index is -2.61. The normalized spacial score (nSPS) is 13.1. The minimum absolute atomic E-state index is 0. The molecule has 1 unspecified atom stereocenters. The Morgan fingerprint density at radius 2 is 1.67 bits per heavy atom. The first-order chi connectivity index (χ1) is 6.31. The van der Waals surface area contributed by atoms with Crippen LogP contribution >= 0.6 is 0 Å². The first-order valence-corrected chi connectivity index (χ1v) is 3.56. The summed E-state index contributed by atoms with van der Waals surface area (Å²) in [5.41, 5.74) is -2.61. The molecule has 0 amide bonds. The van der Waals surface area contributed by atoms with E-state index in [2.05, 4.69) is 4.65 Å². The molecule has 15 heavy (non-hydrogen) atoms. The molecule has 0 bridgehead atoms. The standard InChI is InChI=1S/C6H9BO7.Li.H/c7-14-4(10)2-6(13,5(11)12)1-3(8)9;;/h13H,1-2,7H2,(H,8,9)(H,11,12);;. The molecule has 0 aromatic heterocycles. The summed E-state index contributed by atoms with van der Waals surface area (Å²) in [6.45, 7) is 0. The van der Waals surface area contributed by atoms with Crippen molar-refractivity contribution in [2.24, 2.45) is 0 Å². The van der Waals surface area contributed by atoms with E-state index in [1.165, 1.54) is 0 Å². The van der Waals surface area contributed by atoms with Crippen molar-refractivity contribution >= 4 is 44.8 Å². The van der Waals surface area contributed by atoms with Crippen molar-refractivity contribution in [2.75, 3.05) is 0 Å². The second kappa shape index (κ2) is 6.50. The zero-order valence-corrected chi connectivity index (χ0v) is 7.39. The molecule has 0 aliphatic heterocycles. The summed E-state index contributed by atoms with van der Waals surface area (Å²) in [7, 11) is 1.01. The van der Waals surface area contributed by atoms with Gasteiger partial charge in [0.1, 0.15) is 0 Å². The average Bonchev–Trinajstić information content (AvgIpc) is 2.02. The Hall–Kier alpha value is -0.968.